The summed E-state index contributed by atoms with van der Waals surface area (Å²) in [4.78, 5) is 22.4. The van der Waals surface area contributed by atoms with E-state index in [9.17, 15) is 18.0 Å². The van der Waals surface area contributed by atoms with E-state index in [4.69, 9.17) is 0 Å². The summed E-state index contributed by atoms with van der Waals surface area (Å²) in [7, 11) is -3.85. The number of nitrogens with zero attached hydrogens (tertiary/aromatic N) is 1. The number of imide groups is 1. The van der Waals surface area contributed by atoms with Gasteiger partial charge in [0.1, 0.15) is 0 Å². The molecule has 96 valence electrons. The van der Waals surface area contributed by atoms with Gasteiger partial charge in [-0.1, -0.05) is 12.1 Å². The van der Waals surface area contributed by atoms with Crippen molar-refractivity contribution in [3.8, 4) is 0 Å². The standard InChI is InChI=1S/C10H9BrN2O4S/c11-7-3-1-2-4-8(7)18(16,17)13-5-9(14)12-10(15)6-13/h1-4H,5-6H2,(H,12,14,15). The Morgan fingerprint density at radius 3 is 2.22 bits per heavy atom. The SMILES string of the molecule is O=C1CN(S(=O)(=O)c2ccccc2Br)CC(=O)N1. The first kappa shape index (κ1) is 13.2. The number of sulfonamides is 1. The maximum atomic E-state index is 12.3. The lowest BCUT2D eigenvalue weighted by Gasteiger charge is -2.25. The molecule has 1 saturated heterocycles. The highest BCUT2D eigenvalue weighted by atomic mass is 79.9. The normalized spacial score (nSPS) is 17.6. The number of hydrogen-bond acceptors (Lipinski definition) is 4. The van der Waals surface area contributed by atoms with Gasteiger partial charge in [0.25, 0.3) is 0 Å². The van der Waals surface area contributed by atoms with Crippen LogP contribution >= 0.6 is 15.9 Å². The van der Waals surface area contributed by atoms with Gasteiger partial charge in [0.05, 0.1) is 18.0 Å². The molecular formula is C10H9BrN2O4S. The number of hydrogen-bond donors (Lipinski definition) is 1. The summed E-state index contributed by atoms with van der Waals surface area (Å²) in [6, 6.07) is 6.25. The van der Waals surface area contributed by atoms with E-state index in [2.05, 4.69) is 21.2 Å². The van der Waals surface area contributed by atoms with Crippen LogP contribution in [0.15, 0.2) is 33.6 Å². The summed E-state index contributed by atoms with van der Waals surface area (Å²) < 4.78 is 25.8. The predicted octanol–water partition coefficient (Wildman–Crippen LogP) is 0.0962. The zero-order valence-electron chi connectivity index (χ0n) is 9.09. The smallest absolute Gasteiger partial charge is 0.245 e. The summed E-state index contributed by atoms with van der Waals surface area (Å²) in [5.41, 5.74) is 0. The van der Waals surface area contributed by atoms with E-state index in [1.807, 2.05) is 0 Å². The molecule has 8 heteroatoms. The molecule has 0 atom stereocenters. The van der Waals surface area contributed by atoms with Gasteiger partial charge in [-0.25, -0.2) is 8.42 Å². The summed E-state index contributed by atoms with van der Waals surface area (Å²) >= 11 is 3.14. The zero-order chi connectivity index (χ0) is 13.3. The van der Waals surface area contributed by atoms with Gasteiger partial charge >= 0.3 is 0 Å². The third kappa shape index (κ3) is 2.45. The fraction of sp³-hybridized carbons (Fsp3) is 0.200. The number of piperazine rings is 1. The Morgan fingerprint density at radius 1 is 1.11 bits per heavy atom. The number of carbonyl (C=O) groups excluding carboxylic acids is 2. The molecule has 0 bridgehead atoms. The third-order valence-corrected chi connectivity index (χ3v) is 5.18. The van der Waals surface area contributed by atoms with Crippen LogP contribution in [0.1, 0.15) is 0 Å². The summed E-state index contributed by atoms with van der Waals surface area (Å²) in [6.07, 6.45) is 0. The molecule has 1 aliphatic heterocycles. The van der Waals surface area contributed by atoms with Crippen molar-refractivity contribution < 1.29 is 18.0 Å². The van der Waals surface area contributed by atoms with Crippen molar-refractivity contribution in [1.82, 2.24) is 9.62 Å². The Labute approximate surface area is 112 Å². The van der Waals surface area contributed by atoms with Crippen LogP contribution in [0.25, 0.3) is 0 Å². The highest BCUT2D eigenvalue weighted by molar-refractivity contribution is 9.10. The molecule has 0 aliphatic carbocycles. The van der Waals surface area contributed by atoms with Gasteiger partial charge in [-0.2, -0.15) is 4.31 Å². The lowest BCUT2D eigenvalue weighted by molar-refractivity contribution is -0.134. The Balaban J connectivity index is 2.40. The Kier molecular flexibility index (Phi) is 3.51. The Hall–Kier alpha value is -1.25. The molecule has 1 aromatic carbocycles. The molecule has 1 aromatic rings. The van der Waals surface area contributed by atoms with Gasteiger partial charge in [-0.05, 0) is 28.1 Å². The summed E-state index contributed by atoms with van der Waals surface area (Å²) in [6.45, 7) is -0.704. The quantitative estimate of drug-likeness (QED) is 0.778. The van der Waals surface area contributed by atoms with E-state index < -0.39 is 21.8 Å². The zero-order valence-corrected chi connectivity index (χ0v) is 11.5. The van der Waals surface area contributed by atoms with Crippen LogP contribution < -0.4 is 5.32 Å². The third-order valence-electron chi connectivity index (χ3n) is 2.37. The topological polar surface area (TPSA) is 83.6 Å². The van der Waals surface area contributed by atoms with Crippen LogP contribution in [0.3, 0.4) is 0 Å². The minimum Gasteiger partial charge on any atom is -0.294 e. The molecule has 0 aromatic heterocycles. The van der Waals surface area contributed by atoms with E-state index in [0.29, 0.717) is 4.47 Å². The molecule has 0 spiro atoms. The monoisotopic (exact) mass is 332 g/mol. The van der Waals surface area contributed by atoms with Gasteiger partial charge in [0.2, 0.25) is 21.8 Å². The van der Waals surface area contributed by atoms with E-state index >= 15 is 0 Å². The van der Waals surface area contributed by atoms with Gasteiger partial charge in [0.15, 0.2) is 0 Å². The van der Waals surface area contributed by atoms with E-state index in [-0.39, 0.29) is 18.0 Å². The molecule has 6 nitrogen and oxygen atoms in total. The second kappa shape index (κ2) is 4.79. The number of carbonyl (C=O) groups is 2. The Bertz CT molecular complexity index is 598. The molecule has 1 N–H and O–H groups in total. The molecule has 0 radical (unpaired) electrons. The van der Waals surface area contributed by atoms with Crippen LogP contribution in [0.4, 0.5) is 0 Å². The first-order valence-corrected chi connectivity index (χ1v) is 7.22. The van der Waals surface area contributed by atoms with Crippen molar-refractivity contribution >= 4 is 37.8 Å². The average molecular weight is 333 g/mol. The summed E-state index contributed by atoms with van der Waals surface area (Å²) in [5, 5.41) is 2.05. The highest BCUT2D eigenvalue weighted by Gasteiger charge is 2.33. The fourth-order valence-electron chi connectivity index (χ4n) is 1.57. The van der Waals surface area contributed by atoms with Gasteiger partial charge in [-0.3, -0.25) is 14.9 Å². The van der Waals surface area contributed by atoms with Crippen LogP contribution in [0.2, 0.25) is 0 Å². The number of amides is 2. The van der Waals surface area contributed by atoms with Gasteiger partial charge in [0, 0.05) is 4.47 Å². The molecule has 0 saturated carbocycles. The molecule has 2 rings (SSSR count). The van der Waals surface area contributed by atoms with Crippen LogP contribution in [0.5, 0.6) is 0 Å². The minimum absolute atomic E-state index is 0.0347. The predicted molar refractivity (Wildman–Crippen MR) is 66.1 cm³/mol. The second-order valence-corrected chi connectivity index (χ2v) is 6.44. The maximum absolute atomic E-state index is 12.3. The molecule has 1 heterocycles. The van der Waals surface area contributed by atoms with Crippen LogP contribution in [0, 0.1) is 0 Å². The number of rotatable bonds is 2. The summed E-state index contributed by atoms with van der Waals surface area (Å²) in [5.74, 6) is -1.25. The van der Waals surface area contributed by atoms with Crippen LogP contribution in [-0.4, -0.2) is 37.6 Å². The van der Waals surface area contributed by atoms with E-state index in [0.717, 1.165) is 4.31 Å². The Morgan fingerprint density at radius 2 is 1.67 bits per heavy atom. The molecule has 2 amide bonds. The molecule has 1 aliphatic rings. The van der Waals surface area contributed by atoms with Gasteiger partial charge in [-0.15, -0.1) is 0 Å². The van der Waals surface area contributed by atoms with Crippen LogP contribution in [-0.2, 0) is 19.6 Å². The first-order chi connectivity index (χ1) is 8.41. The van der Waals surface area contributed by atoms with Gasteiger partial charge < -0.3 is 0 Å². The van der Waals surface area contributed by atoms with E-state index in [1.54, 1.807) is 18.2 Å². The lowest BCUT2D eigenvalue weighted by Crippen LogP contribution is -2.53. The van der Waals surface area contributed by atoms with Crippen molar-refractivity contribution in [3.05, 3.63) is 28.7 Å². The van der Waals surface area contributed by atoms with Crippen molar-refractivity contribution in [3.63, 3.8) is 0 Å². The lowest BCUT2D eigenvalue weighted by atomic mass is 10.4. The maximum Gasteiger partial charge on any atom is 0.245 e. The van der Waals surface area contributed by atoms with Crippen molar-refractivity contribution in [1.29, 1.82) is 0 Å². The van der Waals surface area contributed by atoms with Crippen molar-refractivity contribution in [2.24, 2.45) is 0 Å². The van der Waals surface area contributed by atoms with Crippen molar-refractivity contribution in [2.75, 3.05) is 13.1 Å². The molecule has 0 unspecified atom stereocenters. The van der Waals surface area contributed by atoms with E-state index in [1.165, 1.54) is 6.07 Å². The number of benzene rings is 1. The van der Waals surface area contributed by atoms with Crippen molar-refractivity contribution in [2.45, 2.75) is 4.90 Å². The first-order valence-electron chi connectivity index (χ1n) is 4.98. The molecule has 18 heavy (non-hydrogen) atoms. The number of halogens is 1. The average Bonchev–Trinajstić information content (AvgIpc) is 2.28. The highest BCUT2D eigenvalue weighted by Crippen LogP contribution is 2.24. The minimum atomic E-state index is -3.85. The largest absolute Gasteiger partial charge is 0.294 e. The molecular weight excluding hydrogens is 324 g/mol. The number of nitrogens with one attached hydrogen (secondary N) is 1. The molecule has 1 fully saturated rings. The fourth-order valence-corrected chi connectivity index (χ4v) is 3.89. The second-order valence-electron chi connectivity index (χ2n) is 3.67.